The molecule has 0 unspecified atom stereocenters. The summed E-state index contributed by atoms with van der Waals surface area (Å²) < 4.78 is 36.8. The molecule has 0 fully saturated rings. The first kappa shape index (κ1) is 16.7. The summed E-state index contributed by atoms with van der Waals surface area (Å²) in [6.45, 7) is -0.0737. The van der Waals surface area contributed by atoms with Crippen LogP contribution in [-0.4, -0.2) is 20.1 Å². The molecule has 0 bridgehead atoms. The Hall–Kier alpha value is -2.63. The molecule has 2 rings (SSSR count). The Morgan fingerprint density at radius 3 is 2.48 bits per heavy atom. The topological polar surface area (TPSA) is 47.6 Å². The van der Waals surface area contributed by atoms with Gasteiger partial charge in [0, 0.05) is 12.1 Å². The van der Waals surface area contributed by atoms with Gasteiger partial charge >= 0.3 is 0 Å². The van der Waals surface area contributed by atoms with E-state index in [0.717, 1.165) is 23.8 Å². The van der Waals surface area contributed by atoms with Gasteiger partial charge in [-0.25, -0.2) is 8.78 Å². The van der Waals surface area contributed by atoms with Crippen molar-refractivity contribution in [3.05, 3.63) is 59.2 Å². The number of nitrogens with one attached hydrogen (secondary N) is 1. The lowest BCUT2D eigenvalue weighted by Gasteiger charge is -2.10. The summed E-state index contributed by atoms with van der Waals surface area (Å²) in [5.74, 6) is -0.318. The minimum absolute atomic E-state index is 0.0737. The van der Waals surface area contributed by atoms with Crippen LogP contribution in [0.4, 0.5) is 8.78 Å². The molecule has 0 aromatic heterocycles. The van der Waals surface area contributed by atoms with E-state index in [2.05, 4.69) is 5.32 Å². The second kappa shape index (κ2) is 7.58. The van der Waals surface area contributed by atoms with E-state index in [1.54, 1.807) is 18.2 Å². The first-order valence-corrected chi connectivity index (χ1v) is 6.95. The van der Waals surface area contributed by atoms with Crippen molar-refractivity contribution in [3.63, 3.8) is 0 Å². The average Bonchev–Trinajstić information content (AvgIpc) is 2.55. The van der Waals surface area contributed by atoms with Crippen LogP contribution < -0.4 is 14.8 Å². The van der Waals surface area contributed by atoms with Crippen molar-refractivity contribution in [1.29, 1.82) is 0 Å². The Morgan fingerprint density at radius 2 is 1.78 bits per heavy atom. The van der Waals surface area contributed by atoms with Gasteiger partial charge in [-0.05, 0) is 35.9 Å². The summed E-state index contributed by atoms with van der Waals surface area (Å²) in [6.07, 6.45) is 0.0945. The van der Waals surface area contributed by atoms with Crippen LogP contribution in [0.15, 0.2) is 36.4 Å². The zero-order valence-corrected chi connectivity index (χ0v) is 12.9. The minimum atomic E-state index is -0.558. The van der Waals surface area contributed by atoms with Gasteiger partial charge in [0.2, 0.25) is 5.91 Å². The van der Waals surface area contributed by atoms with Crippen LogP contribution in [0.5, 0.6) is 11.5 Å². The highest BCUT2D eigenvalue weighted by atomic mass is 19.1. The number of benzene rings is 2. The molecule has 1 N–H and O–H groups in total. The molecule has 0 aliphatic rings. The molecule has 0 aliphatic heterocycles. The van der Waals surface area contributed by atoms with Crippen molar-refractivity contribution < 1.29 is 23.0 Å². The van der Waals surface area contributed by atoms with E-state index in [9.17, 15) is 13.6 Å². The first-order valence-electron chi connectivity index (χ1n) is 6.95. The lowest BCUT2D eigenvalue weighted by molar-refractivity contribution is -0.120. The molecule has 0 radical (unpaired) electrons. The average molecular weight is 321 g/mol. The Bertz CT molecular complexity index is 704. The van der Waals surface area contributed by atoms with E-state index in [1.165, 1.54) is 14.2 Å². The zero-order valence-electron chi connectivity index (χ0n) is 12.9. The van der Waals surface area contributed by atoms with Crippen molar-refractivity contribution in [2.45, 2.75) is 13.0 Å². The smallest absolute Gasteiger partial charge is 0.224 e. The van der Waals surface area contributed by atoms with Crippen molar-refractivity contribution >= 4 is 5.91 Å². The van der Waals surface area contributed by atoms with Gasteiger partial charge < -0.3 is 14.8 Å². The molecule has 23 heavy (non-hydrogen) atoms. The number of halogens is 2. The Kier molecular flexibility index (Phi) is 5.51. The fourth-order valence-electron chi connectivity index (χ4n) is 2.11. The molecule has 0 saturated heterocycles. The van der Waals surface area contributed by atoms with Gasteiger partial charge in [0.15, 0.2) is 11.5 Å². The molecule has 0 spiro atoms. The van der Waals surface area contributed by atoms with Crippen molar-refractivity contribution in [2.75, 3.05) is 14.2 Å². The van der Waals surface area contributed by atoms with Crippen molar-refractivity contribution in [3.8, 4) is 11.5 Å². The molecule has 122 valence electrons. The van der Waals surface area contributed by atoms with Crippen LogP contribution >= 0.6 is 0 Å². The third kappa shape index (κ3) is 4.42. The molecule has 6 heteroatoms. The largest absolute Gasteiger partial charge is 0.493 e. The molecule has 2 aromatic carbocycles. The number of ether oxygens (including phenoxy) is 2. The first-order chi connectivity index (χ1) is 11.0. The standard InChI is InChI=1S/C17H17F2NO3/c1-22-15-6-3-11(7-16(15)23-2)8-17(21)20-10-12-9-13(18)4-5-14(12)19/h3-7,9H,8,10H2,1-2H3,(H,20,21). The number of carbonyl (C=O) groups excluding carboxylic acids is 1. The molecule has 4 nitrogen and oxygen atoms in total. The lowest BCUT2D eigenvalue weighted by Crippen LogP contribution is -2.25. The predicted octanol–water partition coefficient (Wildman–Crippen LogP) is 2.84. The van der Waals surface area contributed by atoms with E-state index >= 15 is 0 Å². The van der Waals surface area contributed by atoms with Crippen LogP contribution in [0, 0.1) is 11.6 Å². The van der Waals surface area contributed by atoms with Crippen molar-refractivity contribution in [1.82, 2.24) is 5.32 Å². The number of amides is 1. The third-order valence-electron chi connectivity index (χ3n) is 3.30. The normalized spacial score (nSPS) is 10.3. The second-order valence-electron chi connectivity index (χ2n) is 4.88. The molecule has 0 heterocycles. The van der Waals surface area contributed by atoms with E-state index < -0.39 is 11.6 Å². The second-order valence-corrected chi connectivity index (χ2v) is 4.88. The van der Waals surface area contributed by atoms with E-state index in [1.807, 2.05) is 0 Å². The molecular formula is C17H17F2NO3. The van der Waals surface area contributed by atoms with Crippen LogP contribution in [0.2, 0.25) is 0 Å². The Labute approximate surface area is 133 Å². The molecular weight excluding hydrogens is 304 g/mol. The number of rotatable bonds is 6. The number of hydrogen-bond acceptors (Lipinski definition) is 3. The summed E-state index contributed by atoms with van der Waals surface area (Å²) in [5.41, 5.74) is 0.825. The van der Waals surface area contributed by atoms with E-state index in [-0.39, 0.29) is 24.4 Å². The molecule has 0 atom stereocenters. The highest BCUT2D eigenvalue weighted by Crippen LogP contribution is 2.27. The van der Waals surface area contributed by atoms with Gasteiger partial charge in [0.25, 0.3) is 0 Å². The maximum Gasteiger partial charge on any atom is 0.224 e. The van der Waals surface area contributed by atoms with Gasteiger partial charge in [-0.2, -0.15) is 0 Å². The summed E-state index contributed by atoms with van der Waals surface area (Å²) in [4.78, 5) is 11.9. The summed E-state index contributed by atoms with van der Waals surface area (Å²) in [5, 5.41) is 2.56. The third-order valence-corrected chi connectivity index (χ3v) is 3.30. The zero-order chi connectivity index (χ0) is 16.8. The SMILES string of the molecule is COc1ccc(CC(=O)NCc2cc(F)ccc2F)cc1OC. The predicted molar refractivity (Wildman–Crippen MR) is 81.5 cm³/mol. The van der Waals surface area contributed by atoms with Crippen LogP contribution in [0.1, 0.15) is 11.1 Å². The fourth-order valence-corrected chi connectivity index (χ4v) is 2.11. The highest BCUT2D eigenvalue weighted by Gasteiger charge is 2.10. The van der Waals surface area contributed by atoms with Crippen LogP contribution in [0.3, 0.4) is 0 Å². The van der Waals surface area contributed by atoms with E-state index in [4.69, 9.17) is 9.47 Å². The summed E-state index contributed by atoms with van der Waals surface area (Å²) >= 11 is 0. The fraction of sp³-hybridized carbons (Fsp3) is 0.235. The van der Waals surface area contributed by atoms with Gasteiger partial charge in [0.05, 0.1) is 20.6 Å². The maximum atomic E-state index is 13.5. The number of carbonyl (C=O) groups is 1. The molecule has 0 saturated carbocycles. The van der Waals surface area contributed by atoms with Gasteiger partial charge in [0.1, 0.15) is 11.6 Å². The Morgan fingerprint density at radius 1 is 1.04 bits per heavy atom. The number of methoxy groups -OCH3 is 2. The molecule has 0 aliphatic carbocycles. The monoisotopic (exact) mass is 321 g/mol. The molecule has 2 aromatic rings. The Balaban J connectivity index is 1.98. The summed E-state index contributed by atoms with van der Waals surface area (Å²) in [6, 6.07) is 8.26. The molecule has 1 amide bonds. The maximum absolute atomic E-state index is 13.5. The lowest BCUT2D eigenvalue weighted by atomic mass is 10.1. The van der Waals surface area contributed by atoms with Gasteiger partial charge in [-0.3, -0.25) is 4.79 Å². The quantitative estimate of drug-likeness (QED) is 0.890. The van der Waals surface area contributed by atoms with Crippen molar-refractivity contribution in [2.24, 2.45) is 0 Å². The highest BCUT2D eigenvalue weighted by molar-refractivity contribution is 5.78. The van der Waals surface area contributed by atoms with Crippen LogP contribution in [-0.2, 0) is 17.8 Å². The van der Waals surface area contributed by atoms with E-state index in [0.29, 0.717) is 11.5 Å². The minimum Gasteiger partial charge on any atom is -0.493 e. The van der Waals surface area contributed by atoms with Gasteiger partial charge in [-0.1, -0.05) is 6.07 Å². The summed E-state index contributed by atoms with van der Waals surface area (Å²) in [7, 11) is 3.03. The number of hydrogen-bond donors (Lipinski definition) is 1. The van der Waals surface area contributed by atoms with Gasteiger partial charge in [-0.15, -0.1) is 0 Å². The van der Waals surface area contributed by atoms with Crippen LogP contribution in [0.25, 0.3) is 0 Å².